The first-order chi connectivity index (χ1) is 16.0. The number of benzene rings is 2. The van der Waals surface area contributed by atoms with Crippen LogP contribution in [0.5, 0.6) is 0 Å². The molecule has 4 atom stereocenters. The number of hydrogen-bond acceptors (Lipinski definition) is 3. The van der Waals surface area contributed by atoms with Crippen molar-refractivity contribution in [3.8, 4) is 5.69 Å². The number of aromatic nitrogens is 3. The van der Waals surface area contributed by atoms with Crippen LogP contribution in [-0.4, -0.2) is 14.1 Å². The lowest BCUT2D eigenvalue weighted by molar-refractivity contribution is 0.163. The van der Waals surface area contributed by atoms with Crippen LogP contribution in [0.2, 0.25) is 0 Å². The highest BCUT2D eigenvalue weighted by atomic mass is 16.2. The summed E-state index contributed by atoms with van der Waals surface area (Å²) in [6, 6.07) is 20.8. The summed E-state index contributed by atoms with van der Waals surface area (Å²) < 4.78 is 3.89. The summed E-state index contributed by atoms with van der Waals surface area (Å²) in [6.07, 6.45) is 5.13. The highest BCUT2D eigenvalue weighted by molar-refractivity contribution is 5.77. The Morgan fingerprint density at radius 3 is 2.30 bits per heavy atom. The van der Waals surface area contributed by atoms with Crippen molar-refractivity contribution < 1.29 is 0 Å². The average Bonchev–Trinajstić information content (AvgIpc) is 3.46. The van der Waals surface area contributed by atoms with Crippen LogP contribution in [0.3, 0.4) is 0 Å². The molecule has 5 nitrogen and oxygen atoms in total. The van der Waals surface area contributed by atoms with Crippen LogP contribution in [0.4, 0.5) is 11.5 Å². The van der Waals surface area contributed by atoms with E-state index in [0.717, 1.165) is 40.7 Å². The number of aryl methyl sites for hydroxylation is 2. The van der Waals surface area contributed by atoms with Gasteiger partial charge in [0.05, 0.1) is 11.2 Å². The van der Waals surface area contributed by atoms with Gasteiger partial charge in [-0.2, -0.15) is 0 Å². The number of pyridine rings is 1. The molecule has 0 bridgehead atoms. The van der Waals surface area contributed by atoms with E-state index in [1.165, 1.54) is 30.4 Å². The van der Waals surface area contributed by atoms with Gasteiger partial charge in [0.2, 0.25) is 0 Å². The molecule has 2 aromatic heterocycles. The first-order valence-corrected chi connectivity index (χ1v) is 12.1. The van der Waals surface area contributed by atoms with E-state index in [0.29, 0.717) is 17.4 Å². The molecule has 33 heavy (non-hydrogen) atoms. The minimum atomic E-state index is 0.0437. The summed E-state index contributed by atoms with van der Waals surface area (Å²) in [6.45, 7) is 4.15. The maximum Gasteiger partial charge on any atom is 0.335 e. The van der Waals surface area contributed by atoms with Crippen molar-refractivity contribution in [2.24, 2.45) is 17.3 Å². The van der Waals surface area contributed by atoms with Gasteiger partial charge >= 0.3 is 5.69 Å². The fourth-order valence-corrected chi connectivity index (χ4v) is 6.64. The maximum atomic E-state index is 13.9. The first kappa shape index (κ1) is 19.2. The number of fused-ring (bicyclic) bond motifs is 1. The third kappa shape index (κ3) is 2.71. The normalized spacial score (nSPS) is 27.2. The van der Waals surface area contributed by atoms with Gasteiger partial charge in [0.15, 0.2) is 5.65 Å². The molecule has 0 radical (unpaired) electrons. The fraction of sp³-hybridized carbons (Fsp3) is 0.357. The predicted octanol–water partition coefficient (Wildman–Crippen LogP) is 5.91. The summed E-state index contributed by atoms with van der Waals surface area (Å²) in [4.78, 5) is 18.9. The molecule has 0 amide bonds. The van der Waals surface area contributed by atoms with Crippen LogP contribution >= 0.6 is 0 Å². The zero-order valence-corrected chi connectivity index (χ0v) is 19.1. The van der Waals surface area contributed by atoms with Gasteiger partial charge < -0.3 is 5.32 Å². The molecule has 0 saturated heterocycles. The largest absolute Gasteiger partial charge is 0.340 e. The summed E-state index contributed by atoms with van der Waals surface area (Å²) >= 11 is 0. The van der Waals surface area contributed by atoms with Gasteiger partial charge in [-0.25, -0.2) is 14.3 Å². The van der Waals surface area contributed by atoms with Gasteiger partial charge in [0.1, 0.15) is 5.82 Å². The van der Waals surface area contributed by atoms with Gasteiger partial charge in [0, 0.05) is 11.7 Å². The Bertz CT molecular complexity index is 1450. The van der Waals surface area contributed by atoms with Crippen molar-refractivity contribution in [1.82, 2.24) is 14.1 Å². The van der Waals surface area contributed by atoms with Crippen LogP contribution in [0, 0.1) is 31.1 Å². The van der Waals surface area contributed by atoms with Crippen LogP contribution < -0.4 is 11.0 Å². The van der Waals surface area contributed by atoms with Gasteiger partial charge in [-0.15, -0.1) is 0 Å². The molecule has 0 aliphatic heterocycles. The molecule has 4 aromatic rings. The number of rotatable bonds is 4. The molecular formula is C28H28N4O. The molecular weight excluding hydrogens is 408 g/mol. The van der Waals surface area contributed by atoms with Crippen molar-refractivity contribution in [2.75, 3.05) is 5.32 Å². The van der Waals surface area contributed by atoms with Crippen LogP contribution in [-0.2, 0) is 0 Å². The van der Waals surface area contributed by atoms with Crippen molar-refractivity contribution in [2.45, 2.75) is 45.6 Å². The van der Waals surface area contributed by atoms with E-state index in [2.05, 4.69) is 66.2 Å². The molecule has 166 valence electrons. The Morgan fingerprint density at radius 1 is 0.970 bits per heavy atom. The van der Waals surface area contributed by atoms with Gasteiger partial charge in [-0.1, -0.05) is 35.4 Å². The SMILES string of the molecule is Cc1ccc(Nc2ccc3c(n2)n(-c2ccc(C)cc2)c(=O)n3C2CC3CCC34CC24)cc1. The van der Waals surface area contributed by atoms with Crippen LogP contribution in [0.15, 0.2) is 65.5 Å². The van der Waals surface area contributed by atoms with Crippen molar-refractivity contribution in [1.29, 1.82) is 0 Å². The van der Waals surface area contributed by atoms with E-state index in [-0.39, 0.29) is 5.69 Å². The van der Waals surface area contributed by atoms with Crippen molar-refractivity contribution >= 4 is 22.7 Å². The second-order valence-electron chi connectivity index (χ2n) is 10.4. The minimum absolute atomic E-state index is 0.0437. The first-order valence-electron chi connectivity index (χ1n) is 12.1. The fourth-order valence-electron chi connectivity index (χ4n) is 6.64. The lowest BCUT2D eigenvalue weighted by Crippen LogP contribution is -2.27. The Balaban J connectivity index is 1.38. The van der Waals surface area contributed by atoms with E-state index < -0.39 is 0 Å². The molecule has 3 saturated carbocycles. The molecule has 2 aromatic carbocycles. The second kappa shape index (κ2) is 6.60. The zero-order valence-electron chi connectivity index (χ0n) is 19.1. The summed E-state index contributed by atoms with van der Waals surface area (Å²) in [7, 11) is 0. The Hall–Kier alpha value is -3.34. The number of anilines is 2. The van der Waals surface area contributed by atoms with Crippen LogP contribution in [0.1, 0.15) is 42.9 Å². The highest BCUT2D eigenvalue weighted by Gasteiger charge is 2.71. The molecule has 5 heteroatoms. The topological polar surface area (TPSA) is 51.9 Å². The molecule has 1 N–H and O–H groups in total. The predicted molar refractivity (Wildman–Crippen MR) is 131 cm³/mol. The second-order valence-corrected chi connectivity index (χ2v) is 10.4. The van der Waals surface area contributed by atoms with Gasteiger partial charge in [-0.3, -0.25) is 4.57 Å². The summed E-state index contributed by atoms with van der Waals surface area (Å²) in [5.41, 5.74) is 6.54. The number of imidazole rings is 1. The van der Waals surface area contributed by atoms with E-state index in [1.54, 1.807) is 0 Å². The zero-order chi connectivity index (χ0) is 22.3. The number of nitrogens with zero attached hydrogens (tertiary/aromatic N) is 3. The summed E-state index contributed by atoms with van der Waals surface area (Å²) in [5.74, 6) is 2.22. The Morgan fingerprint density at radius 2 is 1.70 bits per heavy atom. The quantitative estimate of drug-likeness (QED) is 0.433. The standard InChI is InChI=1S/C28H28N4O/c1-17-3-7-20(8-4-17)29-25-12-11-23-26(30-25)31(21-9-5-18(2)6-10-21)27(33)32(23)24-15-19-13-14-28(19)16-22(24)28/h3-12,19,22,24H,13-16H2,1-2H3,(H,29,30). The molecule has 1 spiro atoms. The monoisotopic (exact) mass is 436 g/mol. The molecule has 4 unspecified atom stereocenters. The van der Waals surface area contributed by atoms with Crippen molar-refractivity contribution in [3.05, 3.63) is 82.3 Å². The van der Waals surface area contributed by atoms with E-state index >= 15 is 0 Å². The van der Waals surface area contributed by atoms with E-state index in [9.17, 15) is 4.79 Å². The Kier molecular flexibility index (Phi) is 3.83. The number of nitrogens with one attached hydrogen (secondary N) is 1. The molecule has 2 heterocycles. The third-order valence-electron chi connectivity index (χ3n) is 8.61. The Labute approximate surface area is 193 Å². The molecule has 3 aliphatic rings. The third-order valence-corrected chi connectivity index (χ3v) is 8.61. The van der Waals surface area contributed by atoms with Gasteiger partial charge in [-0.05, 0) is 93.2 Å². The molecule has 3 aliphatic carbocycles. The smallest absolute Gasteiger partial charge is 0.335 e. The highest BCUT2D eigenvalue weighted by Crippen LogP contribution is 2.78. The van der Waals surface area contributed by atoms with Gasteiger partial charge in [0.25, 0.3) is 0 Å². The molecule has 3 fully saturated rings. The molecule has 7 rings (SSSR count). The lowest BCUT2D eigenvalue weighted by Gasteiger charge is -2.33. The number of hydrogen-bond donors (Lipinski definition) is 1. The summed E-state index contributed by atoms with van der Waals surface area (Å²) in [5, 5.41) is 3.41. The van der Waals surface area contributed by atoms with Crippen molar-refractivity contribution in [3.63, 3.8) is 0 Å². The van der Waals surface area contributed by atoms with E-state index in [1.807, 2.05) is 22.8 Å². The average molecular weight is 437 g/mol. The minimum Gasteiger partial charge on any atom is -0.340 e. The van der Waals surface area contributed by atoms with Crippen LogP contribution in [0.25, 0.3) is 16.9 Å². The lowest BCUT2D eigenvalue weighted by atomic mass is 9.71. The van der Waals surface area contributed by atoms with E-state index in [4.69, 9.17) is 4.98 Å². The maximum absolute atomic E-state index is 13.9.